The van der Waals surface area contributed by atoms with E-state index in [1.54, 1.807) is 13.3 Å². The number of benzene rings is 3. The summed E-state index contributed by atoms with van der Waals surface area (Å²) >= 11 is 0. The number of aliphatic imine (C=N–C) groups is 1. The molecule has 47 heavy (non-hydrogen) atoms. The zero-order valence-electron chi connectivity index (χ0n) is 27.3. The van der Waals surface area contributed by atoms with Gasteiger partial charge in [0.25, 0.3) is 0 Å². The largest absolute Gasteiger partial charge is 0.494 e. The fourth-order valence-corrected chi connectivity index (χ4v) is 6.28. The maximum atomic E-state index is 12.1. The number of carbonyl (C=O) groups is 1. The second kappa shape index (κ2) is 15.1. The molecule has 2 saturated heterocycles. The van der Waals surface area contributed by atoms with E-state index in [0.717, 1.165) is 81.1 Å². The molecule has 2 aliphatic rings. The van der Waals surface area contributed by atoms with Crippen LogP contribution in [0, 0.1) is 0 Å². The van der Waals surface area contributed by atoms with Crippen molar-refractivity contribution in [3.05, 3.63) is 84.6 Å². The summed E-state index contributed by atoms with van der Waals surface area (Å²) in [7, 11) is 5.48. The van der Waals surface area contributed by atoms with Crippen LogP contribution >= 0.6 is 0 Å². The van der Waals surface area contributed by atoms with E-state index in [-0.39, 0.29) is 0 Å². The van der Waals surface area contributed by atoms with Crippen molar-refractivity contribution in [3.8, 4) is 5.75 Å². The highest BCUT2D eigenvalue weighted by Crippen LogP contribution is 2.36. The highest BCUT2D eigenvalue weighted by molar-refractivity contribution is 6.37. The third kappa shape index (κ3) is 7.53. The predicted octanol–water partition coefficient (Wildman–Crippen LogP) is 5.23. The molecule has 11 heteroatoms. The molecule has 0 saturated carbocycles. The number of carbonyl (C=O) groups excluding carboxylic acids is 1. The molecule has 0 bridgehead atoms. The summed E-state index contributed by atoms with van der Waals surface area (Å²) in [5.41, 5.74) is 5.23. The minimum Gasteiger partial charge on any atom is -0.494 e. The quantitative estimate of drug-likeness (QED) is 0.150. The van der Waals surface area contributed by atoms with E-state index in [1.165, 1.54) is 0 Å². The number of methoxy groups -OCH3 is 1. The van der Waals surface area contributed by atoms with Crippen LogP contribution in [0.4, 0.5) is 40.2 Å². The summed E-state index contributed by atoms with van der Waals surface area (Å²) in [6, 6.07) is 24.2. The van der Waals surface area contributed by atoms with Crippen molar-refractivity contribution < 1.29 is 9.53 Å². The molecule has 3 heterocycles. The van der Waals surface area contributed by atoms with Crippen LogP contribution in [0.5, 0.6) is 5.75 Å². The number of hydrogen-bond donors (Lipinski definition) is 3. The van der Waals surface area contributed by atoms with E-state index in [2.05, 4.69) is 42.9 Å². The fourth-order valence-electron chi connectivity index (χ4n) is 6.28. The van der Waals surface area contributed by atoms with Gasteiger partial charge in [-0.3, -0.25) is 9.69 Å². The number of nitrogens with one attached hydrogen (secondary N) is 3. The van der Waals surface area contributed by atoms with Crippen LogP contribution in [0.15, 0.2) is 84.0 Å². The zero-order valence-corrected chi connectivity index (χ0v) is 27.3. The monoisotopic (exact) mass is 633 g/mol. The van der Waals surface area contributed by atoms with Crippen LogP contribution in [0.3, 0.4) is 0 Å². The number of nitrogens with zero attached hydrogens (tertiary/aromatic N) is 6. The van der Waals surface area contributed by atoms with Crippen molar-refractivity contribution in [1.29, 1.82) is 0 Å². The zero-order chi connectivity index (χ0) is 32.6. The Hall–Kier alpha value is -5.00. The molecule has 244 valence electrons. The Morgan fingerprint density at radius 3 is 2.53 bits per heavy atom. The topological polar surface area (TPSA) is 110 Å². The SMILES string of the molecule is CNc1cccc(N(C)c2nc(Nc3ccc(N4CCC(N5CCNCC5)CC4)cc3OC)ncc2/N=C(\C=O)c2ccccc2)c1. The minimum atomic E-state index is 0.294. The van der Waals surface area contributed by atoms with Crippen molar-refractivity contribution >= 4 is 52.2 Å². The molecule has 0 radical (unpaired) electrons. The first-order valence-electron chi connectivity index (χ1n) is 16.2. The van der Waals surface area contributed by atoms with Gasteiger partial charge >= 0.3 is 0 Å². The number of ether oxygens (including phenoxy) is 1. The van der Waals surface area contributed by atoms with E-state index in [4.69, 9.17) is 14.7 Å². The lowest BCUT2D eigenvalue weighted by Gasteiger charge is -2.41. The van der Waals surface area contributed by atoms with Gasteiger partial charge in [-0.1, -0.05) is 36.4 Å². The summed E-state index contributed by atoms with van der Waals surface area (Å²) in [5.74, 6) is 1.63. The Bertz CT molecular complexity index is 1680. The number of hydrogen-bond acceptors (Lipinski definition) is 11. The molecule has 3 N–H and O–H groups in total. The number of piperazine rings is 1. The first-order valence-corrected chi connectivity index (χ1v) is 16.2. The molecule has 0 aliphatic carbocycles. The highest BCUT2D eigenvalue weighted by atomic mass is 16.5. The summed E-state index contributed by atoms with van der Waals surface area (Å²) in [6.07, 6.45) is 4.72. The van der Waals surface area contributed by atoms with Crippen LogP contribution in [0.1, 0.15) is 18.4 Å². The van der Waals surface area contributed by atoms with Crippen LogP contribution in [0.25, 0.3) is 0 Å². The molecular weight excluding hydrogens is 590 g/mol. The van der Waals surface area contributed by atoms with E-state index in [9.17, 15) is 4.79 Å². The van der Waals surface area contributed by atoms with Gasteiger partial charge in [0, 0.05) is 88.1 Å². The molecule has 3 aromatic carbocycles. The molecule has 0 unspecified atom stereocenters. The normalized spacial score (nSPS) is 16.1. The first-order chi connectivity index (χ1) is 23.1. The molecular formula is C36H43N9O2. The van der Waals surface area contributed by atoms with Crippen molar-refractivity contribution in [2.24, 2.45) is 4.99 Å². The number of rotatable bonds is 11. The van der Waals surface area contributed by atoms with E-state index >= 15 is 0 Å². The van der Waals surface area contributed by atoms with E-state index < -0.39 is 0 Å². The number of aldehydes is 1. The summed E-state index contributed by atoms with van der Waals surface area (Å²) in [5, 5.41) is 10.0. The van der Waals surface area contributed by atoms with Gasteiger partial charge in [-0.15, -0.1) is 0 Å². The summed E-state index contributed by atoms with van der Waals surface area (Å²) in [4.78, 5) is 33.4. The second-order valence-electron chi connectivity index (χ2n) is 11.8. The predicted molar refractivity (Wildman–Crippen MR) is 191 cm³/mol. The molecule has 0 amide bonds. The molecule has 4 aromatic rings. The Morgan fingerprint density at radius 1 is 1.02 bits per heavy atom. The minimum absolute atomic E-state index is 0.294. The van der Waals surface area contributed by atoms with E-state index in [0.29, 0.717) is 40.5 Å². The van der Waals surface area contributed by atoms with Gasteiger partial charge in [-0.2, -0.15) is 4.98 Å². The van der Waals surface area contributed by atoms with Gasteiger partial charge in [0.1, 0.15) is 17.1 Å². The van der Waals surface area contributed by atoms with Crippen LogP contribution < -0.4 is 30.5 Å². The summed E-state index contributed by atoms with van der Waals surface area (Å²) < 4.78 is 5.84. The molecule has 1 aromatic heterocycles. The van der Waals surface area contributed by atoms with Gasteiger partial charge in [-0.25, -0.2) is 9.98 Å². The number of aromatic nitrogens is 2. The smallest absolute Gasteiger partial charge is 0.229 e. The van der Waals surface area contributed by atoms with Crippen LogP contribution in [-0.2, 0) is 4.79 Å². The molecule has 11 nitrogen and oxygen atoms in total. The maximum absolute atomic E-state index is 12.1. The van der Waals surface area contributed by atoms with Crippen LogP contribution in [0.2, 0.25) is 0 Å². The first kappa shape index (κ1) is 32.0. The molecule has 0 atom stereocenters. The molecule has 2 fully saturated rings. The van der Waals surface area contributed by atoms with Gasteiger partial charge in [0.05, 0.1) is 19.0 Å². The second-order valence-corrected chi connectivity index (χ2v) is 11.8. The Kier molecular flexibility index (Phi) is 10.2. The number of anilines is 6. The van der Waals surface area contributed by atoms with Crippen LogP contribution in [-0.4, -0.2) is 93.4 Å². The van der Waals surface area contributed by atoms with Gasteiger partial charge in [-0.05, 0) is 43.2 Å². The Morgan fingerprint density at radius 2 is 1.81 bits per heavy atom. The van der Waals surface area contributed by atoms with E-state index in [1.807, 2.05) is 79.7 Å². The Balaban J connectivity index is 1.26. The lowest BCUT2D eigenvalue weighted by molar-refractivity contribution is -0.102. The Labute approximate surface area is 276 Å². The van der Waals surface area contributed by atoms with Gasteiger partial charge < -0.3 is 30.5 Å². The van der Waals surface area contributed by atoms with Crippen molar-refractivity contribution in [1.82, 2.24) is 20.2 Å². The lowest BCUT2D eigenvalue weighted by atomic mass is 10.0. The van der Waals surface area contributed by atoms with Crippen molar-refractivity contribution in [2.75, 3.05) is 80.9 Å². The van der Waals surface area contributed by atoms with Gasteiger partial charge in [0.15, 0.2) is 12.1 Å². The molecule has 2 aliphatic heterocycles. The standard InChI is InChI=1S/C36H43N9O2/c1-37-27-10-7-11-29(22-27)43(2)35-32(40-33(25-46)26-8-5-4-6-9-26)24-39-36(42-35)41-31-13-12-30(23-34(31)47-3)44-18-14-28(15-19-44)45-20-16-38-17-21-45/h4-13,22-25,28,37-38H,14-21H2,1-3H3,(H,39,41,42)/b40-33+. The van der Waals surface area contributed by atoms with Gasteiger partial charge in [0.2, 0.25) is 5.95 Å². The highest BCUT2D eigenvalue weighted by Gasteiger charge is 2.26. The fraction of sp³-hybridized carbons (Fsp3) is 0.333. The third-order valence-corrected chi connectivity index (χ3v) is 8.94. The van der Waals surface area contributed by atoms with Crippen molar-refractivity contribution in [3.63, 3.8) is 0 Å². The summed E-state index contributed by atoms with van der Waals surface area (Å²) in [6.45, 7) is 6.48. The maximum Gasteiger partial charge on any atom is 0.229 e. The number of piperidine rings is 1. The average molecular weight is 634 g/mol. The van der Waals surface area contributed by atoms with Crippen molar-refractivity contribution in [2.45, 2.75) is 18.9 Å². The molecule has 0 spiro atoms. The average Bonchev–Trinajstić information content (AvgIpc) is 3.15. The lowest BCUT2D eigenvalue weighted by Crippen LogP contribution is -2.52. The third-order valence-electron chi connectivity index (χ3n) is 8.94. The molecule has 6 rings (SSSR count).